The van der Waals surface area contributed by atoms with Crippen molar-refractivity contribution in [1.29, 1.82) is 0 Å². The van der Waals surface area contributed by atoms with Gasteiger partial charge in [0.1, 0.15) is 0 Å². The lowest BCUT2D eigenvalue weighted by molar-refractivity contribution is -0.123. The van der Waals surface area contributed by atoms with Gasteiger partial charge in [-0.15, -0.1) is 24.8 Å². The summed E-state index contributed by atoms with van der Waals surface area (Å²) in [6.45, 7) is 7.54. The molecule has 1 amide bonds. The maximum absolute atomic E-state index is 12.2. The Hall–Kier alpha value is -0.810. The second kappa shape index (κ2) is 11.7. The van der Waals surface area contributed by atoms with E-state index in [-0.39, 0.29) is 36.8 Å². The van der Waals surface area contributed by atoms with Crippen LogP contribution in [0, 0.1) is 5.92 Å². The molecule has 138 valence electrons. The highest BCUT2D eigenvalue weighted by Gasteiger charge is 2.20. The molecular formula is C18H31Cl2N3O. The minimum absolute atomic E-state index is 0. The van der Waals surface area contributed by atoms with Crippen LogP contribution in [0.25, 0.3) is 0 Å². The number of carbonyl (C=O) groups is 1. The molecule has 4 nitrogen and oxygen atoms in total. The number of halogens is 2. The Morgan fingerprint density at radius 3 is 2.62 bits per heavy atom. The van der Waals surface area contributed by atoms with Gasteiger partial charge in [0.15, 0.2) is 0 Å². The summed E-state index contributed by atoms with van der Waals surface area (Å²) in [5, 5.41) is 3.06. The minimum atomic E-state index is -0.481. The van der Waals surface area contributed by atoms with Crippen LogP contribution in [0.5, 0.6) is 0 Å². The highest BCUT2D eigenvalue weighted by atomic mass is 35.5. The van der Waals surface area contributed by atoms with Crippen molar-refractivity contribution in [2.75, 3.05) is 19.6 Å². The second-order valence-electron chi connectivity index (χ2n) is 6.71. The van der Waals surface area contributed by atoms with E-state index in [0.29, 0.717) is 6.42 Å². The first-order chi connectivity index (χ1) is 10.5. The van der Waals surface area contributed by atoms with Gasteiger partial charge >= 0.3 is 0 Å². The summed E-state index contributed by atoms with van der Waals surface area (Å²) < 4.78 is 0. The summed E-state index contributed by atoms with van der Waals surface area (Å²) in [5.41, 5.74) is 7.13. The van der Waals surface area contributed by atoms with Gasteiger partial charge < -0.3 is 16.0 Å². The highest BCUT2D eigenvalue weighted by Crippen LogP contribution is 2.15. The van der Waals surface area contributed by atoms with Crippen molar-refractivity contribution < 1.29 is 4.79 Å². The molecule has 1 aromatic rings. The lowest BCUT2D eigenvalue weighted by atomic mass is 10.00. The molecule has 1 aliphatic heterocycles. The molecule has 3 atom stereocenters. The molecule has 0 spiro atoms. The number of likely N-dealkylation sites (tertiary alicyclic amines) is 1. The molecule has 24 heavy (non-hydrogen) atoms. The lowest BCUT2D eigenvalue weighted by Crippen LogP contribution is -2.50. The SMILES string of the molecule is CC1CCCN(CC(C)NC(=O)C(N)Cc2ccccc2)C1.Cl.Cl. The number of nitrogens with one attached hydrogen (secondary N) is 1. The molecular weight excluding hydrogens is 345 g/mol. The van der Waals surface area contributed by atoms with Crippen LogP contribution in [0.15, 0.2) is 30.3 Å². The fourth-order valence-electron chi connectivity index (χ4n) is 3.20. The third kappa shape index (κ3) is 7.84. The largest absolute Gasteiger partial charge is 0.351 e. The molecule has 1 heterocycles. The zero-order chi connectivity index (χ0) is 15.9. The van der Waals surface area contributed by atoms with Crippen molar-refractivity contribution in [3.63, 3.8) is 0 Å². The topological polar surface area (TPSA) is 58.4 Å². The Bertz CT molecular complexity index is 473. The predicted octanol–water partition coefficient (Wildman–Crippen LogP) is 2.64. The van der Waals surface area contributed by atoms with Crippen molar-refractivity contribution in [1.82, 2.24) is 10.2 Å². The van der Waals surface area contributed by atoms with Gasteiger partial charge in [-0.25, -0.2) is 0 Å². The summed E-state index contributed by atoms with van der Waals surface area (Å²) in [6.07, 6.45) is 3.16. The Morgan fingerprint density at radius 2 is 2.00 bits per heavy atom. The third-order valence-electron chi connectivity index (χ3n) is 4.30. The first kappa shape index (κ1) is 23.2. The van der Waals surface area contributed by atoms with Crippen LogP contribution in [0.3, 0.4) is 0 Å². The van der Waals surface area contributed by atoms with E-state index in [1.165, 1.54) is 12.8 Å². The lowest BCUT2D eigenvalue weighted by Gasteiger charge is -2.33. The molecule has 6 heteroatoms. The van der Waals surface area contributed by atoms with E-state index >= 15 is 0 Å². The Kier molecular flexibility index (Phi) is 11.3. The van der Waals surface area contributed by atoms with Crippen LogP contribution in [-0.4, -0.2) is 42.5 Å². The standard InChI is InChI=1S/C18H29N3O.2ClH/c1-14-7-6-10-21(12-14)13-15(2)20-18(22)17(19)11-16-8-4-3-5-9-16;;/h3-5,8-9,14-15,17H,6-7,10-13,19H2,1-2H3,(H,20,22);2*1H. The number of hydrogen-bond acceptors (Lipinski definition) is 3. The van der Waals surface area contributed by atoms with Crippen LogP contribution >= 0.6 is 24.8 Å². The number of hydrogen-bond donors (Lipinski definition) is 2. The number of carbonyl (C=O) groups excluding carboxylic acids is 1. The average molecular weight is 376 g/mol. The van der Waals surface area contributed by atoms with Crippen molar-refractivity contribution in [2.45, 2.75) is 45.2 Å². The smallest absolute Gasteiger partial charge is 0.237 e. The molecule has 1 fully saturated rings. The molecule has 1 aromatic carbocycles. The van der Waals surface area contributed by atoms with Gasteiger partial charge in [0.2, 0.25) is 5.91 Å². The average Bonchev–Trinajstić information content (AvgIpc) is 2.48. The Morgan fingerprint density at radius 1 is 1.33 bits per heavy atom. The zero-order valence-electron chi connectivity index (χ0n) is 14.6. The summed E-state index contributed by atoms with van der Waals surface area (Å²) in [5.74, 6) is 0.707. The van der Waals surface area contributed by atoms with Gasteiger partial charge in [-0.2, -0.15) is 0 Å². The van der Waals surface area contributed by atoms with E-state index in [1.54, 1.807) is 0 Å². The maximum Gasteiger partial charge on any atom is 0.237 e. The number of nitrogens with zero attached hydrogens (tertiary/aromatic N) is 1. The predicted molar refractivity (Wildman–Crippen MR) is 105 cm³/mol. The molecule has 0 radical (unpaired) electrons. The van der Waals surface area contributed by atoms with Crippen molar-refractivity contribution >= 4 is 30.7 Å². The van der Waals surface area contributed by atoms with Crippen LogP contribution in [0.2, 0.25) is 0 Å². The van der Waals surface area contributed by atoms with E-state index in [1.807, 2.05) is 30.3 Å². The molecule has 3 N–H and O–H groups in total. The number of amides is 1. The van der Waals surface area contributed by atoms with Crippen LogP contribution < -0.4 is 11.1 Å². The maximum atomic E-state index is 12.2. The first-order valence-electron chi connectivity index (χ1n) is 8.37. The van der Waals surface area contributed by atoms with E-state index in [2.05, 4.69) is 24.1 Å². The van der Waals surface area contributed by atoms with E-state index in [4.69, 9.17) is 5.73 Å². The molecule has 2 rings (SSSR count). The number of nitrogens with two attached hydrogens (primary N) is 1. The summed E-state index contributed by atoms with van der Waals surface area (Å²) >= 11 is 0. The molecule has 0 saturated carbocycles. The molecule has 0 aromatic heterocycles. The number of piperidine rings is 1. The molecule has 1 saturated heterocycles. The van der Waals surface area contributed by atoms with Gasteiger partial charge in [0, 0.05) is 19.1 Å². The van der Waals surface area contributed by atoms with Crippen molar-refractivity contribution in [2.24, 2.45) is 11.7 Å². The zero-order valence-corrected chi connectivity index (χ0v) is 16.2. The van der Waals surface area contributed by atoms with Gasteiger partial charge in [-0.1, -0.05) is 37.3 Å². The Balaban J connectivity index is 0.00000264. The van der Waals surface area contributed by atoms with Gasteiger partial charge in [0.05, 0.1) is 6.04 Å². The van der Waals surface area contributed by atoms with Crippen LogP contribution in [-0.2, 0) is 11.2 Å². The summed E-state index contributed by atoms with van der Waals surface area (Å²) in [4.78, 5) is 14.7. The summed E-state index contributed by atoms with van der Waals surface area (Å²) in [6, 6.07) is 9.58. The van der Waals surface area contributed by atoms with Gasteiger partial charge in [0.25, 0.3) is 0 Å². The molecule has 0 bridgehead atoms. The molecule has 0 aliphatic carbocycles. The van der Waals surface area contributed by atoms with E-state index in [0.717, 1.165) is 31.1 Å². The number of benzene rings is 1. The van der Waals surface area contributed by atoms with Crippen LogP contribution in [0.1, 0.15) is 32.3 Å². The fraction of sp³-hybridized carbons (Fsp3) is 0.611. The Labute approximate surface area is 158 Å². The second-order valence-corrected chi connectivity index (χ2v) is 6.71. The molecule has 1 aliphatic rings. The van der Waals surface area contributed by atoms with Gasteiger partial charge in [-0.3, -0.25) is 4.79 Å². The number of rotatable bonds is 6. The minimum Gasteiger partial charge on any atom is -0.351 e. The monoisotopic (exact) mass is 375 g/mol. The summed E-state index contributed by atoms with van der Waals surface area (Å²) in [7, 11) is 0. The van der Waals surface area contributed by atoms with Crippen molar-refractivity contribution in [3.8, 4) is 0 Å². The quantitative estimate of drug-likeness (QED) is 0.803. The molecule has 3 unspecified atom stereocenters. The first-order valence-corrected chi connectivity index (χ1v) is 8.37. The van der Waals surface area contributed by atoms with E-state index < -0.39 is 6.04 Å². The van der Waals surface area contributed by atoms with Crippen molar-refractivity contribution in [3.05, 3.63) is 35.9 Å². The third-order valence-corrected chi connectivity index (χ3v) is 4.30. The van der Waals surface area contributed by atoms with E-state index in [9.17, 15) is 4.79 Å². The highest BCUT2D eigenvalue weighted by molar-refractivity contribution is 5.85. The fourth-order valence-corrected chi connectivity index (χ4v) is 3.20. The van der Waals surface area contributed by atoms with Crippen LogP contribution in [0.4, 0.5) is 0 Å². The van der Waals surface area contributed by atoms with Gasteiger partial charge in [-0.05, 0) is 44.2 Å². The normalized spacial score (nSPS) is 20.2.